The standard InChI is InChI=1S/C12H17NO3S/c1-8(2)11(14)7-9(13-12(15)16)6-10-4-3-5-17-10/h3-5,8-9,13H,6-7H2,1-2H3,(H,15,16). The van der Waals surface area contributed by atoms with Gasteiger partial charge in [0, 0.05) is 29.7 Å². The lowest BCUT2D eigenvalue weighted by molar-refractivity contribution is -0.122. The van der Waals surface area contributed by atoms with Crippen LogP contribution in [0.3, 0.4) is 0 Å². The van der Waals surface area contributed by atoms with Crippen LogP contribution in [0.2, 0.25) is 0 Å². The Balaban J connectivity index is 2.60. The number of Topliss-reactive ketones (excluding diaryl/α,β-unsaturated/α-hetero) is 1. The maximum atomic E-state index is 11.6. The molecule has 0 aromatic carbocycles. The molecule has 0 bridgehead atoms. The summed E-state index contributed by atoms with van der Waals surface area (Å²) in [5, 5.41) is 13.1. The average Bonchev–Trinajstić information content (AvgIpc) is 2.68. The molecule has 1 aromatic heterocycles. The van der Waals surface area contributed by atoms with Crippen molar-refractivity contribution < 1.29 is 14.7 Å². The molecule has 2 N–H and O–H groups in total. The third-order valence-electron chi connectivity index (χ3n) is 2.45. The minimum atomic E-state index is -1.08. The summed E-state index contributed by atoms with van der Waals surface area (Å²) in [6.45, 7) is 3.65. The molecule has 0 aliphatic heterocycles. The molecule has 1 rings (SSSR count). The van der Waals surface area contributed by atoms with Gasteiger partial charge in [0.2, 0.25) is 0 Å². The summed E-state index contributed by atoms with van der Waals surface area (Å²) in [4.78, 5) is 23.4. The van der Waals surface area contributed by atoms with E-state index in [1.807, 2.05) is 31.4 Å². The van der Waals surface area contributed by atoms with Gasteiger partial charge in [0.25, 0.3) is 0 Å². The Morgan fingerprint density at radius 1 is 1.47 bits per heavy atom. The number of amides is 1. The molecule has 17 heavy (non-hydrogen) atoms. The molecule has 0 spiro atoms. The van der Waals surface area contributed by atoms with Crippen LogP contribution >= 0.6 is 11.3 Å². The minimum absolute atomic E-state index is 0.0589. The third kappa shape index (κ3) is 4.99. The van der Waals surface area contributed by atoms with Gasteiger partial charge in [-0.3, -0.25) is 4.79 Å². The summed E-state index contributed by atoms with van der Waals surface area (Å²) in [7, 11) is 0. The van der Waals surface area contributed by atoms with Crippen molar-refractivity contribution in [1.29, 1.82) is 0 Å². The lowest BCUT2D eigenvalue weighted by Gasteiger charge is -2.16. The first-order valence-electron chi connectivity index (χ1n) is 5.53. The fourth-order valence-corrected chi connectivity index (χ4v) is 2.29. The topological polar surface area (TPSA) is 66.4 Å². The maximum absolute atomic E-state index is 11.6. The third-order valence-corrected chi connectivity index (χ3v) is 3.35. The SMILES string of the molecule is CC(C)C(=O)CC(Cc1cccs1)NC(=O)O. The zero-order valence-corrected chi connectivity index (χ0v) is 10.8. The largest absolute Gasteiger partial charge is 0.465 e. The van der Waals surface area contributed by atoms with Gasteiger partial charge in [0.15, 0.2) is 0 Å². The number of hydrogen-bond acceptors (Lipinski definition) is 3. The molecule has 5 heteroatoms. The van der Waals surface area contributed by atoms with Gasteiger partial charge in [-0.2, -0.15) is 0 Å². The fourth-order valence-electron chi connectivity index (χ4n) is 1.50. The number of carboxylic acid groups (broad SMARTS) is 1. The molecule has 0 aliphatic rings. The van der Waals surface area contributed by atoms with E-state index < -0.39 is 6.09 Å². The van der Waals surface area contributed by atoms with E-state index in [0.717, 1.165) is 4.88 Å². The van der Waals surface area contributed by atoms with Crippen molar-refractivity contribution in [2.75, 3.05) is 0 Å². The summed E-state index contributed by atoms with van der Waals surface area (Å²) >= 11 is 1.57. The van der Waals surface area contributed by atoms with Crippen LogP contribution < -0.4 is 5.32 Å². The summed E-state index contributed by atoms with van der Waals surface area (Å²) in [5.41, 5.74) is 0. The molecule has 94 valence electrons. The van der Waals surface area contributed by atoms with Crippen molar-refractivity contribution in [3.05, 3.63) is 22.4 Å². The van der Waals surface area contributed by atoms with Crippen LogP contribution in [-0.4, -0.2) is 23.0 Å². The summed E-state index contributed by atoms with van der Waals surface area (Å²) in [5.74, 6) is 0.0248. The Kier molecular flexibility index (Phi) is 5.15. The van der Waals surface area contributed by atoms with Crippen LogP contribution in [0.4, 0.5) is 4.79 Å². The number of nitrogens with one attached hydrogen (secondary N) is 1. The van der Waals surface area contributed by atoms with E-state index in [2.05, 4.69) is 5.32 Å². The Hall–Kier alpha value is -1.36. The van der Waals surface area contributed by atoms with E-state index in [4.69, 9.17) is 5.11 Å². The monoisotopic (exact) mass is 255 g/mol. The fraction of sp³-hybridized carbons (Fsp3) is 0.500. The number of hydrogen-bond donors (Lipinski definition) is 2. The normalized spacial score (nSPS) is 12.4. The van der Waals surface area contributed by atoms with Crippen molar-refractivity contribution >= 4 is 23.2 Å². The second-order valence-corrected chi connectivity index (χ2v) is 5.29. The Morgan fingerprint density at radius 3 is 2.65 bits per heavy atom. The molecule has 1 aromatic rings. The lowest BCUT2D eigenvalue weighted by Crippen LogP contribution is -2.37. The van der Waals surface area contributed by atoms with Gasteiger partial charge >= 0.3 is 6.09 Å². The van der Waals surface area contributed by atoms with Crippen molar-refractivity contribution in [2.45, 2.75) is 32.7 Å². The number of carbonyl (C=O) groups excluding carboxylic acids is 1. The highest BCUT2D eigenvalue weighted by Gasteiger charge is 2.18. The Bertz CT molecular complexity index is 373. The van der Waals surface area contributed by atoms with Crippen LogP contribution in [0.1, 0.15) is 25.1 Å². The highest BCUT2D eigenvalue weighted by atomic mass is 32.1. The Morgan fingerprint density at radius 2 is 2.18 bits per heavy atom. The zero-order chi connectivity index (χ0) is 12.8. The highest BCUT2D eigenvalue weighted by Crippen LogP contribution is 2.14. The molecule has 0 fully saturated rings. The molecule has 0 radical (unpaired) electrons. The molecule has 0 aliphatic carbocycles. The van der Waals surface area contributed by atoms with Crippen LogP contribution in [0.25, 0.3) is 0 Å². The number of rotatable bonds is 6. The maximum Gasteiger partial charge on any atom is 0.404 e. The molecular weight excluding hydrogens is 238 g/mol. The number of thiophene rings is 1. The molecular formula is C12H17NO3S. The van der Waals surface area contributed by atoms with E-state index in [0.29, 0.717) is 6.42 Å². The number of carbonyl (C=O) groups is 2. The van der Waals surface area contributed by atoms with Gasteiger partial charge in [0.1, 0.15) is 5.78 Å². The van der Waals surface area contributed by atoms with Crippen molar-refractivity contribution in [2.24, 2.45) is 5.92 Å². The quantitative estimate of drug-likeness (QED) is 0.821. The van der Waals surface area contributed by atoms with E-state index in [1.165, 1.54) is 0 Å². The molecule has 1 unspecified atom stereocenters. The summed E-state index contributed by atoms with van der Waals surface area (Å²) in [6, 6.07) is 3.53. The van der Waals surface area contributed by atoms with Crippen molar-refractivity contribution in [1.82, 2.24) is 5.32 Å². The second kappa shape index (κ2) is 6.39. The highest BCUT2D eigenvalue weighted by molar-refractivity contribution is 7.09. The van der Waals surface area contributed by atoms with Crippen LogP contribution in [-0.2, 0) is 11.2 Å². The average molecular weight is 255 g/mol. The zero-order valence-electron chi connectivity index (χ0n) is 9.97. The van der Waals surface area contributed by atoms with Crippen LogP contribution in [0.15, 0.2) is 17.5 Å². The minimum Gasteiger partial charge on any atom is -0.465 e. The van der Waals surface area contributed by atoms with E-state index >= 15 is 0 Å². The van der Waals surface area contributed by atoms with Gasteiger partial charge < -0.3 is 10.4 Å². The van der Waals surface area contributed by atoms with E-state index in [9.17, 15) is 9.59 Å². The van der Waals surface area contributed by atoms with Gasteiger partial charge in [-0.1, -0.05) is 19.9 Å². The van der Waals surface area contributed by atoms with E-state index in [1.54, 1.807) is 11.3 Å². The summed E-state index contributed by atoms with van der Waals surface area (Å²) in [6.07, 6.45) is -0.257. The molecule has 1 amide bonds. The first kappa shape index (κ1) is 13.7. The second-order valence-electron chi connectivity index (χ2n) is 4.26. The van der Waals surface area contributed by atoms with Crippen molar-refractivity contribution in [3.63, 3.8) is 0 Å². The Labute approximate surface area is 105 Å². The van der Waals surface area contributed by atoms with Gasteiger partial charge in [-0.05, 0) is 11.4 Å². The van der Waals surface area contributed by atoms with Gasteiger partial charge in [-0.25, -0.2) is 4.79 Å². The number of ketones is 1. The molecule has 1 heterocycles. The molecule has 4 nitrogen and oxygen atoms in total. The van der Waals surface area contributed by atoms with E-state index in [-0.39, 0.29) is 24.2 Å². The molecule has 1 atom stereocenters. The lowest BCUT2D eigenvalue weighted by atomic mass is 9.99. The molecule has 0 saturated heterocycles. The summed E-state index contributed by atoms with van der Waals surface area (Å²) < 4.78 is 0. The smallest absolute Gasteiger partial charge is 0.404 e. The molecule has 0 saturated carbocycles. The van der Waals surface area contributed by atoms with Gasteiger partial charge in [0.05, 0.1) is 0 Å². The van der Waals surface area contributed by atoms with Gasteiger partial charge in [-0.15, -0.1) is 11.3 Å². The first-order chi connectivity index (χ1) is 7.99. The van der Waals surface area contributed by atoms with Crippen molar-refractivity contribution in [3.8, 4) is 0 Å². The van der Waals surface area contributed by atoms with Crippen LogP contribution in [0, 0.1) is 5.92 Å². The first-order valence-corrected chi connectivity index (χ1v) is 6.41. The van der Waals surface area contributed by atoms with Crippen LogP contribution in [0.5, 0.6) is 0 Å². The predicted molar refractivity (Wildman–Crippen MR) is 67.4 cm³/mol. The predicted octanol–water partition coefficient (Wildman–Crippen LogP) is 2.54.